The summed E-state index contributed by atoms with van der Waals surface area (Å²) in [6.07, 6.45) is 2.01. The summed E-state index contributed by atoms with van der Waals surface area (Å²) in [5, 5.41) is 0.511. The molecule has 0 radical (unpaired) electrons. The summed E-state index contributed by atoms with van der Waals surface area (Å²) in [5.74, 6) is 0. The van der Waals surface area contributed by atoms with Crippen LogP contribution in [-0.4, -0.2) is 15.8 Å². The number of benzene rings is 3. The SMILES string of the molecule is CSc1ccc(Cn2c(=O)[nH]c3ccc(-c4ccccc4)cc3c2=O)cc1. The van der Waals surface area contributed by atoms with Crippen molar-refractivity contribution in [2.24, 2.45) is 0 Å². The summed E-state index contributed by atoms with van der Waals surface area (Å²) in [6.45, 7) is 0.244. The summed E-state index contributed by atoms with van der Waals surface area (Å²) < 4.78 is 1.26. The number of thioether (sulfide) groups is 1. The molecule has 1 heterocycles. The van der Waals surface area contributed by atoms with Crippen molar-refractivity contribution in [1.29, 1.82) is 0 Å². The van der Waals surface area contributed by atoms with Gasteiger partial charge >= 0.3 is 5.69 Å². The molecule has 1 N–H and O–H groups in total. The fraction of sp³-hybridized carbons (Fsp3) is 0.0909. The minimum Gasteiger partial charge on any atom is -0.307 e. The summed E-state index contributed by atoms with van der Waals surface area (Å²) in [4.78, 5) is 29.4. The second kappa shape index (κ2) is 7.29. The topological polar surface area (TPSA) is 54.9 Å². The minimum atomic E-state index is -0.395. The summed E-state index contributed by atoms with van der Waals surface area (Å²) in [5.41, 5.74) is 2.78. The Morgan fingerprint density at radius 3 is 2.33 bits per heavy atom. The first-order valence-electron chi connectivity index (χ1n) is 8.61. The normalized spacial score (nSPS) is 11.0. The van der Waals surface area contributed by atoms with Gasteiger partial charge in [-0.25, -0.2) is 4.79 Å². The molecule has 1 aromatic heterocycles. The average Bonchev–Trinajstić information content (AvgIpc) is 2.72. The highest BCUT2D eigenvalue weighted by Crippen LogP contribution is 2.21. The van der Waals surface area contributed by atoms with Crippen LogP contribution < -0.4 is 11.2 Å². The van der Waals surface area contributed by atoms with Gasteiger partial charge in [0.05, 0.1) is 17.4 Å². The second-order valence-corrected chi connectivity index (χ2v) is 7.18. The Morgan fingerprint density at radius 1 is 0.889 bits per heavy atom. The zero-order valence-electron chi connectivity index (χ0n) is 14.8. The number of aromatic nitrogens is 2. The van der Waals surface area contributed by atoms with E-state index in [1.165, 1.54) is 4.57 Å². The van der Waals surface area contributed by atoms with Crippen LogP contribution in [-0.2, 0) is 6.54 Å². The fourth-order valence-electron chi connectivity index (χ4n) is 3.12. The van der Waals surface area contributed by atoms with Crippen molar-refractivity contribution in [2.75, 3.05) is 6.26 Å². The number of rotatable bonds is 4. The third-order valence-electron chi connectivity index (χ3n) is 4.59. The number of fused-ring (bicyclic) bond motifs is 1. The molecule has 0 aliphatic rings. The summed E-state index contributed by atoms with van der Waals surface area (Å²) in [7, 11) is 0. The molecule has 5 heteroatoms. The monoisotopic (exact) mass is 374 g/mol. The highest BCUT2D eigenvalue weighted by Gasteiger charge is 2.10. The van der Waals surface area contributed by atoms with E-state index in [9.17, 15) is 9.59 Å². The van der Waals surface area contributed by atoms with Crippen LogP contribution in [0.4, 0.5) is 0 Å². The number of aromatic amines is 1. The van der Waals surface area contributed by atoms with Crippen molar-refractivity contribution in [3.05, 3.63) is 99.2 Å². The number of H-pyrrole nitrogens is 1. The van der Waals surface area contributed by atoms with Crippen molar-refractivity contribution < 1.29 is 0 Å². The molecule has 0 unspecified atom stereocenters. The Kier molecular flexibility index (Phi) is 4.69. The summed E-state index contributed by atoms with van der Waals surface area (Å²) in [6, 6.07) is 23.3. The molecule has 134 valence electrons. The van der Waals surface area contributed by atoms with Gasteiger partial charge in [0.2, 0.25) is 0 Å². The molecule has 4 rings (SSSR count). The first-order chi connectivity index (χ1) is 13.2. The van der Waals surface area contributed by atoms with Crippen molar-refractivity contribution >= 4 is 22.7 Å². The first kappa shape index (κ1) is 17.4. The molecule has 0 bridgehead atoms. The van der Waals surface area contributed by atoms with Crippen LogP contribution in [0.15, 0.2) is 87.3 Å². The van der Waals surface area contributed by atoms with E-state index in [2.05, 4.69) is 4.98 Å². The molecule has 4 nitrogen and oxygen atoms in total. The molecule has 0 fully saturated rings. The molecule has 0 saturated heterocycles. The van der Waals surface area contributed by atoms with Crippen LogP contribution >= 0.6 is 11.8 Å². The fourth-order valence-corrected chi connectivity index (χ4v) is 3.53. The highest BCUT2D eigenvalue weighted by atomic mass is 32.2. The lowest BCUT2D eigenvalue weighted by Gasteiger charge is -2.09. The lowest BCUT2D eigenvalue weighted by molar-refractivity contribution is 0.711. The average molecular weight is 374 g/mol. The van der Waals surface area contributed by atoms with E-state index < -0.39 is 5.69 Å². The standard InChI is InChI=1S/C22H18N2O2S/c1-27-18-10-7-15(8-11-18)14-24-21(25)19-13-17(16-5-3-2-4-6-16)9-12-20(19)23-22(24)26/h2-13H,14H2,1H3,(H,23,26). The molecule has 3 aromatic carbocycles. The van der Waals surface area contributed by atoms with Gasteiger partial charge < -0.3 is 4.98 Å². The van der Waals surface area contributed by atoms with Crippen LogP contribution in [0.2, 0.25) is 0 Å². The van der Waals surface area contributed by atoms with Crippen molar-refractivity contribution in [3.63, 3.8) is 0 Å². The van der Waals surface area contributed by atoms with Gasteiger partial charge in [-0.3, -0.25) is 9.36 Å². The minimum absolute atomic E-state index is 0.244. The zero-order valence-corrected chi connectivity index (χ0v) is 15.6. The lowest BCUT2D eigenvalue weighted by Crippen LogP contribution is -2.35. The van der Waals surface area contributed by atoms with Gasteiger partial charge in [0.1, 0.15) is 0 Å². The molecule has 0 amide bonds. The maximum Gasteiger partial charge on any atom is 0.329 e. The zero-order chi connectivity index (χ0) is 18.8. The van der Waals surface area contributed by atoms with E-state index in [1.54, 1.807) is 17.8 Å². The van der Waals surface area contributed by atoms with E-state index >= 15 is 0 Å². The second-order valence-electron chi connectivity index (χ2n) is 6.30. The molecule has 0 aliphatic heterocycles. The van der Waals surface area contributed by atoms with E-state index in [-0.39, 0.29) is 12.1 Å². The molecule has 0 aliphatic carbocycles. The van der Waals surface area contributed by atoms with Crippen molar-refractivity contribution in [3.8, 4) is 11.1 Å². The molecule has 0 saturated carbocycles. The highest BCUT2D eigenvalue weighted by molar-refractivity contribution is 7.98. The van der Waals surface area contributed by atoms with Crippen molar-refractivity contribution in [1.82, 2.24) is 9.55 Å². The van der Waals surface area contributed by atoms with Gasteiger partial charge in [-0.15, -0.1) is 11.8 Å². The lowest BCUT2D eigenvalue weighted by atomic mass is 10.0. The smallest absolute Gasteiger partial charge is 0.307 e. The molecule has 27 heavy (non-hydrogen) atoms. The van der Waals surface area contributed by atoms with Gasteiger partial charge in [0.15, 0.2) is 0 Å². The number of nitrogens with one attached hydrogen (secondary N) is 1. The Bertz CT molecular complexity index is 1210. The number of hydrogen-bond donors (Lipinski definition) is 1. The maximum absolute atomic E-state index is 13.0. The molecule has 0 spiro atoms. The first-order valence-corrected chi connectivity index (χ1v) is 9.83. The van der Waals surface area contributed by atoms with Gasteiger partial charge in [-0.05, 0) is 47.2 Å². The molecular weight excluding hydrogens is 356 g/mol. The van der Waals surface area contributed by atoms with E-state index in [1.807, 2.05) is 73.0 Å². The van der Waals surface area contributed by atoms with Gasteiger partial charge in [0, 0.05) is 4.90 Å². The van der Waals surface area contributed by atoms with Crippen LogP contribution in [0.5, 0.6) is 0 Å². The summed E-state index contributed by atoms with van der Waals surface area (Å²) >= 11 is 1.66. The number of nitrogens with zero attached hydrogens (tertiary/aromatic N) is 1. The van der Waals surface area contributed by atoms with Gasteiger partial charge in [-0.1, -0.05) is 48.5 Å². The van der Waals surface area contributed by atoms with Crippen LogP contribution in [0, 0.1) is 0 Å². The van der Waals surface area contributed by atoms with E-state index in [0.717, 1.165) is 21.6 Å². The predicted molar refractivity (Wildman–Crippen MR) is 112 cm³/mol. The number of hydrogen-bond acceptors (Lipinski definition) is 3. The molecule has 0 atom stereocenters. The van der Waals surface area contributed by atoms with Crippen molar-refractivity contribution in [2.45, 2.75) is 11.4 Å². The predicted octanol–water partition coefficient (Wildman–Crippen LogP) is 4.13. The Labute approximate surface area is 160 Å². The Morgan fingerprint density at radius 2 is 1.63 bits per heavy atom. The third-order valence-corrected chi connectivity index (χ3v) is 5.33. The van der Waals surface area contributed by atoms with Gasteiger partial charge in [0.25, 0.3) is 5.56 Å². The Hall–Kier alpha value is -3.05. The third kappa shape index (κ3) is 3.46. The molecular formula is C22H18N2O2S. The van der Waals surface area contributed by atoms with Gasteiger partial charge in [-0.2, -0.15) is 0 Å². The Balaban J connectivity index is 1.81. The van der Waals surface area contributed by atoms with Crippen LogP contribution in [0.1, 0.15) is 5.56 Å². The largest absolute Gasteiger partial charge is 0.329 e. The van der Waals surface area contributed by atoms with Crippen LogP contribution in [0.25, 0.3) is 22.0 Å². The quantitative estimate of drug-likeness (QED) is 0.547. The van der Waals surface area contributed by atoms with E-state index in [0.29, 0.717) is 10.9 Å². The van der Waals surface area contributed by atoms with E-state index in [4.69, 9.17) is 0 Å². The molecule has 4 aromatic rings. The maximum atomic E-state index is 13.0. The van der Waals surface area contributed by atoms with Crippen LogP contribution in [0.3, 0.4) is 0 Å².